The Balaban J connectivity index is 1.90. The Hall–Kier alpha value is -2.63. The molecule has 0 spiro atoms. The molecule has 0 radical (unpaired) electrons. The average molecular weight is 342 g/mol. The van der Waals surface area contributed by atoms with Crippen molar-refractivity contribution in [2.75, 3.05) is 11.9 Å². The van der Waals surface area contributed by atoms with Crippen LogP contribution in [0.3, 0.4) is 0 Å². The highest BCUT2D eigenvalue weighted by molar-refractivity contribution is 6.30. The van der Waals surface area contributed by atoms with Gasteiger partial charge in [-0.05, 0) is 24.3 Å². The Morgan fingerprint density at radius 2 is 1.92 bits per heavy atom. The number of rotatable bonds is 5. The molecule has 0 aliphatic heterocycles. The summed E-state index contributed by atoms with van der Waals surface area (Å²) in [6.07, 6.45) is 0. The lowest BCUT2D eigenvalue weighted by Crippen LogP contribution is -2.16. The Bertz CT molecular complexity index is 846. The largest absolute Gasteiger partial charge is 0.394 e. The maximum atomic E-state index is 12.3. The van der Waals surface area contributed by atoms with Gasteiger partial charge in [0.1, 0.15) is 5.82 Å². The number of nitrogens with zero attached hydrogens (tertiary/aromatic N) is 2. The van der Waals surface area contributed by atoms with Crippen molar-refractivity contribution in [3.05, 3.63) is 71.2 Å². The van der Waals surface area contributed by atoms with Gasteiger partial charge in [-0.1, -0.05) is 41.9 Å². The van der Waals surface area contributed by atoms with Crippen molar-refractivity contribution in [1.82, 2.24) is 9.78 Å². The van der Waals surface area contributed by atoms with E-state index in [9.17, 15) is 9.90 Å². The quantitative estimate of drug-likeness (QED) is 0.747. The van der Waals surface area contributed by atoms with E-state index in [-0.39, 0.29) is 19.1 Å². The zero-order valence-corrected chi connectivity index (χ0v) is 13.6. The Labute approximate surface area is 144 Å². The number of carbonyl (C=O) groups is 1. The first kappa shape index (κ1) is 16.2. The number of anilines is 1. The Kier molecular flexibility index (Phi) is 4.93. The molecule has 2 N–H and O–H groups in total. The van der Waals surface area contributed by atoms with Gasteiger partial charge in [0.2, 0.25) is 0 Å². The molecule has 5 nitrogen and oxygen atoms in total. The molecule has 0 saturated heterocycles. The lowest BCUT2D eigenvalue weighted by atomic mass is 10.1. The van der Waals surface area contributed by atoms with Gasteiger partial charge in [-0.15, -0.1) is 0 Å². The van der Waals surface area contributed by atoms with Crippen LogP contribution >= 0.6 is 11.6 Å². The number of aromatic nitrogens is 2. The van der Waals surface area contributed by atoms with Gasteiger partial charge in [-0.3, -0.25) is 4.79 Å². The third-order valence-electron chi connectivity index (χ3n) is 3.49. The van der Waals surface area contributed by atoms with Gasteiger partial charge in [0, 0.05) is 22.2 Å². The number of amides is 1. The van der Waals surface area contributed by atoms with Crippen molar-refractivity contribution < 1.29 is 9.90 Å². The second-order valence-electron chi connectivity index (χ2n) is 5.19. The Morgan fingerprint density at radius 1 is 1.12 bits per heavy atom. The standard InChI is InChI=1S/C18H16ClN3O2/c19-15-8-4-7-14(11-15)16-12-17(22(21-16)9-10-23)20-18(24)13-5-2-1-3-6-13/h1-8,11-12,23H,9-10H2,(H,20,24). The lowest BCUT2D eigenvalue weighted by molar-refractivity contribution is 0.102. The number of aliphatic hydroxyl groups excluding tert-OH is 1. The predicted octanol–water partition coefficient (Wildman–Crippen LogP) is 3.45. The summed E-state index contributed by atoms with van der Waals surface area (Å²) in [5, 5.41) is 17.1. The monoisotopic (exact) mass is 341 g/mol. The topological polar surface area (TPSA) is 67.2 Å². The smallest absolute Gasteiger partial charge is 0.256 e. The van der Waals surface area contributed by atoms with Gasteiger partial charge in [0.05, 0.1) is 18.8 Å². The van der Waals surface area contributed by atoms with Gasteiger partial charge in [0.15, 0.2) is 0 Å². The highest BCUT2D eigenvalue weighted by Crippen LogP contribution is 2.24. The fraction of sp³-hybridized carbons (Fsp3) is 0.111. The van der Waals surface area contributed by atoms with E-state index in [0.717, 1.165) is 5.56 Å². The van der Waals surface area contributed by atoms with Gasteiger partial charge in [-0.25, -0.2) is 4.68 Å². The van der Waals surface area contributed by atoms with Gasteiger partial charge in [0.25, 0.3) is 5.91 Å². The van der Waals surface area contributed by atoms with E-state index in [1.54, 1.807) is 47.1 Å². The summed E-state index contributed by atoms with van der Waals surface area (Å²) < 4.78 is 1.57. The van der Waals surface area contributed by atoms with E-state index >= 15 is 0 Å². The first-order valence-electron chi connectivity index (χ1n) is 7.48. The second-order valence-corrected chi connectivity index (χ2v) is 5.63. The molecule has 122 valence electrons. The number of hydrogen-bond acceptors (Lipinski definition) is 3. The number of hydrogen-bond donors (Lipinski definition) is 2. The third-order valence-corrected chi connectivity index (χ3v) is 3.72. The fourth-order valence-corrected chi connectivity index (χ4v) is 2.54. The summed E-state index contributed by atoms with van der Waals surface area (Å²) in [5.41, 5.74) is 2.07. The molecule has 24 heavy (non-hydrogen) atoms. The molecule has 0 fully saturated rings. The number of carbonyl (C=O) groups excluding carboxylic acids is 1. The highest BCUT2D eigenvalue weighted by Gasteiger charge is 2.13. The minimum Gasteiger partial charge on any atom is -0.394 e. The molecule has 0 aliphatic carbocycles. The van der Waals surface area contributed by atoms with Crippen LogP contribution in [0.1, 0.15) is 10.4 Å². The zero-order chi connectivity index (χ0) is 16.9. The molecule has 3 aromatic rings. The molecular weight excluding hydrogens is 326 g/mol. The number of aliphatic hydroxyl groups is 1. The van der Waals surface area contributed by atoms with Gasteiger partial charge < -0.3 is 10.4 Å². The van der Waals surface area contributed by atoms with Crippen LogP contribution in [0.4, 0.5) is 5.82 Å². The predicted molar refractivity (Wildman–Crippen MR) is 94.2 cm³/mol. The summed E-state index contributed by atoms with van der Waals surface area (Å²) in [6.45, 7) is 0.204. The molecule has 6 heteroatoms. The lowest BCUT2D eigenvalue weighted by Gasteiger charge is -2.07. The molecule has 0 aliphatic rings. The van der Waals surface area contributed by atoms with Crippen LogP contribution in [0.5, 0.6) is 0 Å². The molecule has 0 unspecified atom stereocenters. The first-order chi connectivity index (χ1) is 11.7. The minimum atomic E-state index is -0.229. The molecular formula is C18H16ClN3O2. The van der Waals surface area contributed by atoms with Crippen LogP contribution in [-0.4, -0.2) is 27.4 Å². The van der Waals surface area contributed by atoms with Crippen LogP contribution in [0.15, 0.2) is 60.7 Å². The fourth-order valence-electron chi connectivity index (χ4n) is 2.35. The number of benzene rings is 2. The van der Waals surface area contributed by atoms with E-state index in [4.69, 9.17) is 11.6 Å². The zero-order valence-electron chi connectivity index (χ0n) is 12.8. The normalized spacial score (nSPS) is 10.6. The molecule has 3 rings (SSSR count). The molecule has 1 aromatic heterocycles. The number of halogens is 1. The average Bonchev–Trinajstić information content (AvgIpc) is 2.99. The van der Waals surface area contributed by atoms with Crippen LogP contribution in [0.25, 0.3) is 11.3 Å². The van der Waals surface area contributed by atoms with Crippen LogP contribution in [-0.2, 0) is 6.54 Å². The molecule has 0 saturated carbocycles. The third kappa shape index (κ3) is 3.64. The van der Waals surface area contributed by atoms with E-state index in [1.807, 2.05) is 18.2 Å². The van der Waals surface area contributed by atoms with E-state index < -0.39 is 0 Å². The van der Waals surface area contributed by atoms with Crippen LogP contribution < -0.4 is 5.32 Å². The SMILES string of the molecule is O=C(Nc1cc(-c2cccc(Cl)c2)nn1CCO)c1ccccc1. The second kappa shape index (κ2) is 7.29. The summed E-state index contributed by atoms with van der Waals surface area (Å²) in [5.74, 6) is 0.292. The molecule has 0 atom stereocenters. The highest BCUT2D eigenvalue weighted by atomic mass is 35.5. The molecule has 1 amide bonds. The maximum absolute atomic E-state index is 12.3. The van der Waals surface area contributed by atoms with Crippen molar-refractivity contribution in [2.24, 2.45) is 0 Å². The maximum Gasteiger partial charge on any atom is 0.256 e. The van der Waals surface area contributed by atoms with E-state index in [2.05, 4.69) is 10.4 Å². The van der Waals surface area contributed by atoms with Crippen molar-refractivity contribution in [3.63, 3.8) is 0 Å². The van der Waals surface area contributed by atoms with E-state index in [0.29, 0.717) is 22.1 Å². The summed E-state index contributed by atoms with van der Waals surface area (Å²) in [4.78, 5) is 12.3. The van der Waals surface area contributed by atoms with Crippen molar-refractivity contribution in [3.8, 4) is 11.3 Å². The van der Waals surface area contributed by atoms with Crippen LogP contribution in [0.2, 0.25) is 5.02 Å². The van der Waals surface area contributed by atoms with E-state index in [1.165, 1.54) is 0 Å². The van der Waals surface area contributed by atoms with Gasteiger partial charge >= 0.3 is 0 Å². The molecule has 1 heterocycles. The Morgan fingerprint density at radius 3 is 2.62 bits per heavy atom. The van der Waals surface area contributed by atoms with Gasteiger partial charge in [-0.2, -0.15) is 5.10 Å². The van der Waals surface area contributed by atoms with Crippen molar-refractivity contribution in [2.45, 2.75) is 6.54 Å². The first-order valence-corrected chi connectivity index (χ1v) is 7.86. The molecule has 2 aromatic carbocycles. The summed E-state index contributed by atoms with van der Waals surface area (Å²) in [6, 6.07) is 18.0. The minimum absolute atomic E-state index is 0.0785. The molecule has 0 bridgehead atoms. The number of nitrogens with one attached hydrogen (secondary N) is 1. The van der Waals surface area contributed by atoms with Crippen molar-refractivity contribution >= 4 is 23.3 Å². The summed E-state index contributed by atoms with van der Waals surface area (Å²) >= 11 is 6.02. The summed E-state index contributed by atoms with van der Waals surface area (Å²) in [7, 11) is 0. The van der Waals surface area contributed by atoms with Crippen molar-refractivity contribution in [1.29, 1.82) is 0 Å². The van der Waals surface area contributed by atoms with Crippen LogP contribution in [0, 0.1) is 0 Å².